The van der Waals surface area contributed by atoms with Crippen LogP contribution in [-0.4, -0.2) is 35.3 Å². The van der Waals surface area contributed by atoms with Crippen LogP contribution in [0.15, 0.2) is 12.1 Å². The van der Waals surface area contributed by atoms with Crippen LogP contribution < -0.4 is 20.3 Å². The van der Waals surface area contributed by atoms with Gasteiger partial charge in [0.1, 0.15) is 19.0 Å². The molecule has 7 nitrogen and oxygen atoms in total. The third-order valence-electron chi connectivity index (χ3n) is 3.68. The van der Waals surface area contributed by atoms with E-state index in [1.165, 1.54) is 0 Å². The Labute approximate surface area is 127 Å². The number of aryl methyl sites for hydroxylation is 2. The van der Waals surface area contributed by atoms with Gasteiger partial charge in [0.05, 0.1) is 17.6 Å². The lowest BCUT2D eigenvalue weighted by molar-refractivity contribution is -0.368. The first kappa shape index (κ1) is 14.6. The molecule has 1 aromatic heterocycles. The quantitative estimate of drug-likeness (QED) is 0.746. The zero-order valence-electron chi connectivity index (χ0n) is 12.3. The van der Waals surface area contributed by atoms with E-state index < -0.39 is 5.97 Å². The zero-order valence-corrected chi connectivity index (χ0v) is 12.3. The number of fused-ring (bicyclic) bond motifs is 2. The van der Waals surface area contributed by atoms with Crippen LogP contribution in [0, 0.1) is 0 Å². The molecule has 22 heavy (non-hydrogen) atoms. The topological polar surface area (TPSA) is 104 Å². The molecule has 0 unspecified atom stereocenters. The fraction of sp³-hybridized carbons (Fsp3) is 0.467. The van der Waals surface area contributed by atoms with Gasteiger partial charge in [0.2, 0.25) is 0 Å². The highest BCUT2D eigenvalue weighted by atomic mass is 16.6. The molecular weight excluding hydrogens is 286 g/mol. The summed E-state index contributed by atoms with van der Waals surface area (Å²) in [5, 5.41) is 10.8. The van der Waals surface area contributed by atoms with E-state index in [9.17, 15) is 9.90 Å². The monoisotopic (exact) mass is 305 g/mol. The molecule has 0 atom stereocenters. The molecular formula is C15H19N3O4. The number of ether oxygens (including phenoxy) is 2. The molecule has 1 aliphatic heterocycles. The fourth-order valence-electron chi connectivity index (χ4n) is 2.64. The lowest BCUT2D eigenvalue weighted by Crippen LogP contribution is -2.50. The number of carboxylic acids is 1. The van der Waals surface area contributed by atoms with Crippen molar-refractivity contribution in [2.45, 2.75) is 25.8 Å². The molecule has 1 aromatic carbocycles. The standard InChI is InChI=1S/C15H19N3O4/c16-4-1-2-14-17-10-8-12-13(22-7-6-21-12)9-11(10)18(14)5-3-15(19)20/h8-9H,1-7,16H2,(H,19,20). The largest absolute Gasteiger partial charge is 0.550 e. The minimum atomic E-state index is -1.07. The van der Waals surface area contributed by atoms with E-state index in [0.717, 1.165) is 36.2 Å². The van der Waals surface area contributed by atoms with Gasteiger partial charge in [0, 0.05) is 43.9 Å². The summed E-state index contributed by atoms with van der Waals surface area (Å²) in [6.07, 6.45) is 1.62. The molecule has 0 aliphatic carbocycles. The predicted molar refractivity (Wildman–Crippen MR) is 76.4 cm³/mol. The first-order valence-corrected chi connectivity index (χ1v) is 7.47. The van der Waals surface area contributed by atoms with Gasteiger partial charge in [-0.25, -0.2) is 4.98 Å². The van der Waals surface area contributed by atoms with Crippen molar-refractivity contribution in [1.29, 1.82) is 0 Å². The number of quaternary nitrogens is 1. The van der Waals surface area contributed by atoms with Crippen molar-refractivity contribution in [3.63, 3.8) is 0 Å². The lowest BCUT2D eigenvalue weighted by atomic mass is 10.2. The smallest absolute Gasteiger partial charge is 0.163 e. The number of benzene rings is 1. The SMILES string of the molecule is [NH3+]CCCc1nc2cc3c(cc2n1CCC(=O)[O-])OCCO3. The number of carboxylic acid groups (broad SMARTS) is 1. The summed E-state index contributed by atoms with van der Waals surface area (Å²) in [4.78, 5) is 15.4. The fourth-order valence-corrected chi connectivity index (χ4v) is 2.64. The lowest BCUT2D eigenvalue weighted by Gasteiger charge is -2.18. The summed E-state index contributed by atoms with van der Waals surface area (Å²) in [5.41, 5.74) is 5.50. The van der Waals surface area contributed by atoms with Crippen molar-refractivity contribution >= 4 is 17.0 Å². The molecule has 1 aliphatic rings. The van der Waals surface area contributed by atoms with Gasteiger partial charge in [-0.1, -0.05) is 0 Å². The number of nitrogens with zero attached hydrogens (tertiary/aromatic N) is 2. The Morgan fingerprint density at radius 1 is 1.32 bits per heavy atom. The molecule has 7 heteroatoms. The first-order chi connectivity index (χ1) is 10.7. The average Bonchev–Trinajstić information content (AvgIpc) is 2.85. The first-order valence-electron chi connectivity index (χ1n) is 7.47. The number of hydrogen-bond donors (Lipinski definition) is 1. The summed E-state index contributed by atoms with van der Waals surface area (Å²) in [6, 6.07) is 3.73. The molecule has 0 fully saturated rings. The highest BCUT2D eigenvalue weighted by Crippen LogP contribution is 2.35. The second-order valence-corrected chi connectivity index (χ2v) is 5.24. The van der Waals surface area contributed by atoms with Crippen LogP contribution in [0.1, 0.15) is 18.7 Å². The van der Waals surface area contributed by atoms with Gasteiger partial charge in [-0.15, -0.1) is 0 Å². The van der Waals surface area contributed by atoms with Gasteiger partial charge in [0.25, 0.3) is 0 Å². The average molecular weight is 305 g/mol. The predicted octanol–water partition coefficient (Wildman–Crippen LogP) is -0.878. The normalized spacial score (nSPS) is 13.5. The van der Waals surface area contributed by atoms with Crippen molar-refractivity contribution in [3.05, 3.63) is 18.0 Å². The van der Waals surface area contributed by atoms with Gasteiger partial charge in [0.15, 0.2) is 11.5 Å². The third-order valence-corrected chi connectivity index (χ3v) is 3.68. The number of carbonyl (C=O) groups excluding carboxylic acids is 1. The summed E-state index contributed by atoms with van der Waals surface area (Å²) in [7, 11) is 0. The Hall–Kier alpha value is -2.28. The maximum atomic E-state index is 10.8. The number of hydrogen-bond acceptors (Lipinski definition) is 5. The summed E-state index contributed by atoms with van der Waals surface area (Å²) >= 11 is 0. The van der Waals surface area contributed by atoms with E-state index in [-0.39, 0.29) is 6.42 Å². The Bertz CT molecular complexity index is 696. The second-order valence-electron chi connectivity index (χ2n) is 5.24. The maximum Gasteiger partial charge on any atom is 0.163 e. The highest BCUT2D eigenvalue weighted by Gasteiger charge is 2.18. The second kappa shape index (κ2) is 6.23. The third kappa shape index (κ3) is 2.85. The Balaban J connectivity index is 2.03. The minimum absolute atomic E-state index is 0.0444. The molecule has 3 rings (SSSR count). The van der Waals surface area contributed by atoms with Crippen LogP contribution in [0.25, 0.3) is 11.0 Å². The van der Waals surface area contributed by atoms with E-state index >= 15 is 0 Å². The van der Waals surface area contributed by atoms with Gasteiger partial charge in [-0.3, -0.25) is 0 Å². The van der Waals surface area contributed by atoms with Gasteiger partial charge in [-0.05, 0) is 0 Å². The molecule has 0 saturated heterocycles. The van der Waals surface area contributed by atoms with Crippen molar-refractivity contribution in [3.8, 4) is 11.5 Å². The molecule has 0 spiro atoms. The number of rotatable bonds is 6. The van der Waals surface area contributed by atoms with Crippen molar-refractivity contribution in [2.75, 3.05) is 19.8 Å². The van der Waals surface area contributed by atoms with Crippen molar-refractivity contribution in [1.82, 2.24) is 9.55 Å². The molecule has 0 bridgehead atoms. The van der Waals surface area contributed by atoms with E-state index in [2.05, 4.69) is 10.7 Å². The zero-order chi connectivity index (χ0) is 15.5. The van der Waals surface area contributed by atoms with E-state index in [1.807, 2.05) is 16.7 Å². The number of carbonyl (C=O) groups is 1. The van der Waals surface area contributed by atoms with Crippen LogP contribution in [0.2, 0.25) is 0 Å². The van der Waals surface area contributed by atoms with Gasteiger partial charge >= 0.3 is 0 Å². The molecule has 2 aromatic rings. The minimum Gasteiger partial charge on any atom is -0.550 e. The molecule has 2 heterocycles. The van der Waals surface area contributed by atoms with E-state index in [1.54, 1.807) is 0 Å². The number of aliphatic carboxylic acids is 1. The van der Waals surface area contributed by atoms with Crippen LogP contribution in [-0.2, 0) is 17.8 Å². The molecule has 118 valence electrons. The molecule has 3 N–H and O–H groups in total. The van der Waals surface area contributed by atoms with Gasteiger partial charge < -0.3 is 29.7 Å². The van der Waals surface area contributed by atoms with Crippen LogP contribution in [0.4, 0.5) is 0 Å². The molecule has 0 saturated carbocycles. The Morgan fingerprint density at radius 2 is 2.05 bits per heavy atom. The Kier molecular flexibility index (Phi) is 4.15. The van der Waals surface area contributed by atoms with Gasteiger partial charge in [-0.2, -0.15) is 0 Å². The number of imidazole rings is 1. The van der Waals surface area contributed by atoms with E-state index in [4.69, 9.17) is 9.47 Å². The molecule has 0 radical (unpaired) electrons. The van der Waals surface area contributed by atoms with Crippen LogP contribution in [0.5, 0.6) is 11.5 Å². The van der Waals surface area contributed by atoms with Crippen LogP contribution in [0.3, 0.4) is 0 Å². The number of aromatic nitrogens is 2. The van der Waals surface area contributed by atoms with E-state index in [0.29, 0.717) is 31.3 Å². The summed E-state index contributed by atoms with van der Waals surface area (Å²) in [6.45, 7) is 2.19. The Morgan fingerprint density at radius 3 is 2.73 bits per heavy atom. The summed E-state index contributed by atoms with van der Waals surface area (Å²) in [5.74, 6) is 1.16. The van der Waals surface area contributed by atoms with Crippen molar-refractivity contribution in [2.24, 2.45) is 0 Å². The molecule has 0 amide bonds. The summed E-state index contributed by atoms with van der Waals surface area (Å²) < 4.78 is 13.1. The highest BCUT2D eigenvalue weighted by molar-refractivity contribution is 5.81. The maximum absolute atomic E-state index is 10.8. The van der Waals surface area contributed by atoms with Crippen molar-refractivity contribution < 1.29 is 25.1 Å². The van der Waals surface area contributed by atoms with Crippen LogP contribution >= 0.6 is 0 Å².